The van der Waals surface area contributed by atoms with Crippen LogP contribution < -0.4 is 20.3 Å². The highest BCUT2D eigenvalue weighted by Crippen LogP contribution is 2.28. The van der Waals surface area contributed by atoms with Gasteiger partial charge < -0.3 is 20.3 Å². The van der Waals surface area contributed by atoms with Crippen molar-refractivity contribution in [2.45, 2.75) is 26.2 Å². The van der Waals surface area contributed by atoms with E-state index in [0.29, 0.717) is 18.0 Å². The molecule has 1 heterocycles. The van der Waals surface area contributed by atoms with Gasteiger partial charge in [-0.05, 0) is 50.5 Å². The van der Waals surface area contributed by atoms with E-state index in [1.54, 1.807) is 0 Å². The molecule has 0 radical (unpaired) electrons. The highest BCUT2D eigenvalue weighted by molar-refractivity contribution is 5.95. The minimum Gasteiger partial charge on any atom is -0.492 e. The van der Waals surface area contributed by atoms with Crippen LogP contribution in [0.15, 0.2) is 48.5 Å². The molecule has 0 unspecified atom stereocenters. The molecule has 0 aromatic heterocycles. The molecule has 0 atom stereocenters. The SMILES string of the molecule is CCOc1ccccc1NC(=O)CNc1ccccc1N1CCCCC1. The van der Waals surface area contributed by atoms with Crippen LogP contribution in [-0.4, -0.2) is 32.1 Å². The molecule has 0 spiro atoms. The maximum Gasteiger partial charge on any atom is 0.243 e. The average Bonchev–Trinajstić information content (AvgIpc) is 2.69. The Kier molecular flexibility index (Phi) is 6.36. The number of benzene rings is 2. The van der Waals surface area contributed by atoms with Crippen LogP contribution in [0, 0.1) is 0 Å². The Labute approximate surface area is 155 Å². The fourth-order valence-electron chi connectivity index (χ4n) is 3.25. The van der Waals surface area contributed by atoms with E-state index in [9.17, 15) is 4.79 Å². The van der Waals surface area contributed by atoms with Gasteiger partial charge in [0.2, 0.25) is 5.91 Å². The molecule has 5 heteroatoms. The van der Waals surface area contributed by atoms with Gasteiger partial charge in [-0.3, -0.25) is 4.79 Å². The summed E-state index contributed by atoms with van der Waals surface area (Å²) in [6.45, 7) is 4.86. The van der Waals surface area contributed by atoms with E-state index in [1.807, 2.05) is 49.4 Å². The summed E-state index contributed by atoms with van der Waals surface area (Å²) >= 11 is 0. The van der Waals surface area contributed by atoms with Crippen molar-refractivity contribution >= 4 is 23.0 Å². The molecule has 0 aliphatic carbocycles. The summed E-state index contributed by atoms with van der Waals surface area (Å²) in [6.07, 6.45) is 3.75. The third kappa shape index (κ3) is 4.69. The van der Waals surface area contributed by atoms with Gasteiger partial charge in [0.05, 0.1) is 30.2 Å². The molecule has 138 valence electrons. The molecule has 2 aromatic rings. The lowest BCUT2D eigenvalue weighted by atomic mass is 10.1. The fraction of sp³-hybridized carbons (Fsp3) is 0.381. The van der Waals surface area contributed by atoms with Crippen molar-refractivity contribution in [1.29, 1.82) is 0 Å². The minimum atomic E-state index is -0.0920. The molecule has 2 aromatic carbocycles. The fourth-order valence-corrected chi connectivity index (χ4v) is 3.25. The number of nitrogens with zero attached hydrogens (tertiary/aromatic N) is 1. The number of nitrogens with one attached hydrogen (secondary N) is 2. The van der Waals surface area contributed by atoms with Crippen LogP contribution >= 0.6 is 0 Å². The van der Waals surface area contributed by atoms with Crippen molar-refractivity contribution in [3.05, 3.63) is 48.5 Å². The van der Waals surface area contributed by atoms with Gasteiger partial charge in [0.15, 0.2) is 0 Å². The molecule has 1 aliphatic heterocycles. The van der Waals surface area contributed by atoms with Gasteiger partial charge in [-0.2, -0.15) is 0 Å². The summed E-state index contributed by atoms with van der Waals surface area (Å²) < 4.78 is 5.56. The monoisotopic (exact) mass is 353 g/mol. The zero-order valence-electron chi connectivity index (χ0n) is 15.3. The number of ether oxygens (including phenoxy) is 1. The van der Waals surface area contributed by atoms with Gasteiger partial charge in [0.25, 0.3) is 0 Å². The maximum atomic E-state index is 12.4. The Balaban J connectivity index is 1.62. The van der Waals surface area contributed by atoms with Crippen molar-refractivity contribution < 1.29 is 9.53 Å². The maximum absolute atomic E-state index is 12.4. The second kappa shape index (κ2) is 9.13. The van der Waals surface area contributed by atoms with Crippen molar-refractivity contribution in [1.82, 2.24) is 0 Å². The number of carbonyl (C=O) groups is 1. The molecule has 1 aliphatic rings. The van der Waals surface area contributed by atoms with Gasteiger partial charge in [-0.25, -0.2) is 0 Å². The molecule has 26 heavy (non-hydrogen) atoms. The van der Waals surface area contributed by atoms with Crippen LogP contribution in [0.5, 0.6) is 5.75 Å². The van der Waals surface area contributed by atoms with E-state index in [1.165, 1.54) is 24.9 Å². The van der Waals surface area contributed by atoms with E-state index in [2.05, 4.69) is 21.6 Å². The first-order valence-corrected chi connectivity index (χ1v) is 9.37. The molecule has 5 nitrogen and oxygen atoms in total. The number of anilines is 3. The van der Waals surface area contributed by atoms with E-state index in [0.717, 1.165) is 18.8 Å². The molecular formula is C21H27N3O2. The zero-order valence-corrected chi connectivity index (χ0v) is 15.3. The number of carbonyl (C=O) groups excluding carboxylic acids is 1. The van der Waals surface area contributed by atoms with Crippen molar-refractivity contribution in [2.24, 2.45) is 0 Å². The largest absolute Gasteiger partial charge is 0.492 e. The highest BCUT2D eigenvalue weighted by atomic mass is 16.5. The molecule has 0 saturated carbocycles. The lowest BCUT2D eigenvalue weighted by molar-refractivity contribution is -0.114. The lowest BCUT2D eigenvalue weighted by Crippen LogP contribution is -2.30. The predicted octanol–water partition coefficient (Wildman–Crippen LogP) is 4.13. The van der Waals surface area contributed by atoms with Gasteiger partial charge in [-0.15, -0.1) is 0 Å². The van der Waals surface area contributed by atoms with Crippen molar-refractivity contribution in [3.8, 4) is 5.75 Å². The first kappa shape index (κ1) is 18.1. The highest BCUT2D eigenvalue weighted by Gasteiger charge is 2.15. The van der Waals surface area contributed by atoms with Crippen molar-refractivity contribution in [3.63, 3.8) is 0 Å². The van der Waals surface area contributed by atoms with Crippen LogP contribution in [0.3, 0.4) is 0 Å². The van der Waals surface area contributed by atoms with Gasteiger partial charge in [0.1, 0.15) is 5.75 Å². The molecule has 1 fully saturated rings. The van der Waals surface area contributed by atoms with E-state index >= 15 is 0 Å². The van der Waals surface area contributed by atoms with Crippen LogP contribution in [0.25, 0.3) is 0 Å². The minimum absolute atomic E-state index is 0.0920. The lowest BCUT2D eigenvalue weighted by Gasteiger charge is -2.30. The first-order valence-electron chi connectivity index (χ1n) is 9.37. The Morgan fingerprint density at radius 2 is 1.69 bits per heavy atom. The summed E-state index contributed by atoms with van der Waals surface area (Å²) in [5, 5.41) is 6.21. The third-order valence-electron chi connectivity index (χ3n) is 4.50. The molecule has 3 rings (SSSR count). The third-order valence-corrected chi connectivity index (χ3v) is 4.50. The van der Waals surface area contributed by atoms with Crippen molar-refractivity contribution in [2.75, 3.05) is 41.8 Å². The van der Waals surface area contributed by atoms with Crippen LogP contribution in [0.2, 0.25) is 0 Å². The van der Waals surface area contributed by atoms with Gasteiger partial charge in [0, 0.05) is 13.1 Å². The summed E-state index contributed by atoms with van der Waals surface area (Å²) in [5.74, 6) is 0.600. The topological polar surface area (TPSA) is 53.6 Å². The molecule has 0 bridgehead atoms. The van der Waals surface area contributed by atoms with E-state index < -0.39 is 0 Å². The molecular weight excluding hydrogens is 326 g/mol. The number of amides is 1. The number of hydrogen-bond acceptors (Lipinski definition) is 4. The standard InChI is InChI=1S/C21H27N3O2/c1-2-26-20-13-7-5-11-18(20)23-21(25)16-22-17-10-4-6-12-19(17)24-14-8-3-9-15-24/h4-7,10-13,22H,2-3,8-9,14-16H2,1H3,(H,23,25). The van der Waals surface area contributed by atoms with Gasteiger partial charge >= 0.3 is 0 Å². The zero-order chi connectivity index (χ0) is 18.2. The van der Waals surface area contributed by atoms with Crippen LogP contribution in [-0.2, 0) is 4.79 Å². The van der Waals surface area contributed by atoms with Crippen LogP contribution in [0.4, 0.5) is 17.1 Å². The number of piperidine rings is 1. The predicted molar refractivity (Wildman–Crippen MR) is 107 cm³/mol. The Bertz CT molecular complexity index is 727. The summed E-state index contributed by atoms with van der Waals surface area (Å²) in [6, 6.07) is 15.7. The Hall–Kier alpha value is -2.69. The second-order valence-electron chi connectivity index (χ2n) is 6.40. The number of para-hydroxylation sites is 4. The number of hydrogen-bond donors (Lipinski definition) is 2. The quantitative estimate of drug-likeness (QED) is 0.786. The first-order chi connectivity index (χ1) is 12.8. The number of rotatable bonds is 7. The normalized spacial score (nSPS) is 14.0. The second-order valence-corrected chi connectivity index (χ2v) is 6.40. The van der Waals surface area contributed by atoms with Crippen LogP contribution in [0.1, 0.15) is 26.2 Å². The summed E-state index contributed by atoms with van der Waals surface area (Å²) in [7, 11) is 0. The Morgan fingerprint density at radius 1 is 1.00 bits per heavy atom. The average molecular weight is 353 g/mol. The van der Waals surface area contributed by atoms with Gasteiger partial charge in [-0.1, -0.05) is 24.3 Å². The molecule has 1 saturated heterocycles. The smallest absolute Gasteiger partial charge is 0.243 e. The summed E-state index contributed by atoms with van der Waals surface area (Å²) in [4.78, 5) is 14.8. The Morgan fingerprint density at radius 3 is 2.46 bits per heavy atom. The van der Waals surface area contributed by atoms with E-state index in [-0.39, 0.29) is 12.5 Å². The molecule has 2 N–H and O–H groups in total. The molecule has 1 amide bonds. The summed E-state index contributed by atoms with van der Waals surface area (Å²) in [5.41, 5.74) is 2.88. The van der Waals surface area contributed by atoms with E-state index in [4.69, 9.17) is 4.74 Å².